The van der Waals surface area contributed by atoms with E-state index >= 15 is 0 Å². The van der Waals surface area contributed by atoms with Crippen molar-refractivity contribution in [2.75, 3.05) is 7.11 Å². The number of aryl methyl sites for hydroxylation is 2. The Hall–Kier alpha value is -2.16. The third kappa shape index (κ3) is 4.71. The summed E-state index contributed by atoms with van der Waals surface area (Å²) in [7, 11) is -2.12. The van der Waals surface area contributed by atoms with Crippen LogP contribution in [0.2, 0.25) is 0 Å². The first kappa shape index (κ1) is 23.5. The standard InChI is InChI=1S/C23H30N2O4S2/c1-7-10-25-20-9-8-17(12-22(20)30-23(25)26)31(27,28)24-16(5)19-13-18(14(2)3)21(29-6)11-15(19)4/h8-9,11-14,16,24H,7,10H2,1-6H3. The van der Waals surface area contributed by atoms with E-state index in [9.17, 15) is 13.2 Å². The topological polar surface area (TPSA) is 77.4 Å². The highest BCUT2D eigenvalue weighted by Gasteiger charge is 2.22. The van der Waals surface area contributed by atoms with Crippen molar-refractivity contribution in [2.45, 2.75) is 64.4 Å². The molecule has 1 heterocycles. The van der Waals surface area contributed by atoms with Gasteiger partial charge in [0.25, 0.3) is 0 Å². The largest absolute Gasteiger partial charge is 0.496 e. The molecule has 6 nitrogen and oxygen atoms in total. The van der Waals surface area contributed by atoms with Crippen LogP contribution in [0.25, 0.3) is 10.2 Å². The van der Waals surface area contributed by atoms with E-state index in [-0.39, 0.29) is 15.7 Å². The summed E-state index contributed by atoms with van der Waals surface area (Å²) in [6.07, 6.45) is 0.838. The minimum atomic E-state index is -3.77. The molecule has 0 spiro atoms. The summed E-state index contributed by atoms with van der Waals surface area (Å²) in [5.74, 6) is 1.05. The zero-order valence-electron chi connectivity index (χ0n) is 18.9. The van der Waals surface area contributed by atoms with E-state index < -0.39 is 16.1 Å². The van der Waals surface area contributed by atoms with Gasteiger partial charge < -0.3 is 4.74 Å². The molecule has 0 saturated carbocycles. The number of nitrogens with zero attached hydrogens (tertiary/aromatic N) is 1. The van der Waals surface area contributed by atoms with Crippen molar-refractivity contribution in [3.63, 3.8) is 0 Å². The van der Waals surface area contributed by atoms with Gasteiger partial charge in [-0.3, -0.25) is 9.36 Å². The predicted octanol–water partition coefficient (Wildman–Crippen LogP) is 4.95. The Morgan fingerprint density at radius 2 is 1.84 bits per heavy atom. The van der Waals surface area contributed by atoms with Gasteiger partial charge in [0.05, 0.1) is 22.2 Å². The van der Waals surface area contributed by atoms with E-state index in [0.29, 0.717) is 11.2 Å². The number of sulfonamides is 1. The summed E-state index contributed by atoms with van der Waals surface area (Å²) in [6, 6.07) is 8.42. The number of hydrogen-bond donors (Lipinski definition) is 1. The van der Waals surface area contributed by atoms with E-state index in [2.05, 4.69) is 18.6 Å². The Kier molecular flexibility index (Phi) is 6.93. The zero-order chi connectivity index (χ0) is 22.9. The molecule has 3 rings (SSSR count). The molecule has 0 saturated heterocycles. The second-order valence-corrected chi connectivity index (χ2v) is 10.8. The summed E-state index contributed by atoms with van der Waals surface area (Å²) in [5.41, 5.74) is 3.68. The molecule has 0 radical (unpaired) electrons. The van der Waals surface area contributed by atoms with Crippen molar-refractivity contribution in [3.05, 3.63) is 56.7 Å². The van der Waals surface area contributed by atoms with Crippen LogP contribution in [0, 0.1) is 6.92 Å². The second kappa shape index (κ2) is 9.14. The normalized spacial score (nSPS) is 13.1. The molecule has 1 aromatic heterocycles. The summed E-state index contributed by atoms with van der Waals surface area (Å²) < 4.78 is 36.9. The van der Waals surface area contributed by atoms with Crippen LogP contribution in [-0.2, 0) is 16.6 Å². The summed E-state index contributed by atoms with van der Waals surface area (Å²) in [4.78, 5) is 12.3. The molecule has 0 fully saturated rings. The van der Waals surface area contributed by atoms with Gasteiger partial charge in [-0.2, -0.15) is 0 Å². The fourth-order valence-electron chi connectivity index (χ4n) is 3.82. The maximum atomic E-state index is 13.1. The SMILES string of the molecule is CCCn1c(=O)sc2cc(S(=O)(=O)NC(C)c3cc(C(C)C)c(OC)cc3C)ccc21. The van der Waals surface area contributed by atoms with Crippen LogP contribution in [-0.4, -0.2) is 20.1 Å². The number of methoxy groups -OCH3 is 1. The number of benzene rings is 2. The number of rotatable bonds is 8. The van der Waals surface area contributed by atoms with Crippen molar-refractivity contribution >= 4 is 31.6 Å². The average Bonchev–Trinajstić information content (AvgIpc) is 3.01. The van der Waals surface area contributed by atoms with Crippen LogP contribution in [0.4, 0.5) is 0 Å². The average molecular weight is 463 g/mol. The zero-order valence-corrected chi connectivity index (χ0v) is 20.5. The number of hydrogen-bond acceptors (Lipinski definition) is 5. The number of thiazole rings is 1. The quantitative estimate of drug-likeness (QED) is 0.514. The fourth-order valence-corrected chi connectivity index (χ4v) is 6.10. The second-order valence-electron chi connectivity index (χ2n) is 8.10. The predicted molar refractivity (Wildman–Crippen MR) is 127 cm³/mol. The molecular formula is C23H30N2O4S2. The van der Waals surface area contributed by atoms with E-state index in [1.807, 2.05) is 32.9 Å². The lowest BCUT2D eigenvalue weighted by Gasteiger charge is -2.21. The van der Waals surface area contributed by atoms with Gasteiger partial charge in [-0.1, -0.05) is 32.1 Å². The number of fused-ring (bicyclic) bond motifs is 1. The molecule has 0 aliphatic rings. The van der Waals surface area contributed by atoms with E-state index in [1.165, 1.54) is 0 Å². The van der Waals surface area contributed by atoms with Gasteiger partial charge in [0.15, 0.2) is 0 Å². The highest BCUT2D eigenvalue weighted by atomic mass is 32.2. The number of nitrogens with one attached hydrogen (secondary N) is 1. The molecule has 168 valence electrons. The minimum absolute atomic E-state index is 0.0669. The van der Waals surface area contributed by atoms with Crippen LogP contribution in [0.15, 0.2) is 40.0 Å². The van der Waals surface area contributed by atoms with Crippen LogP contribution in [0.5, 0.6) is 5.75 Å². The molecule has 0 aliphatic carbocycles. The first-order valence-electron chi connectivity index (χ1n) is 10.4. The molecule has 0 aliphatic heterocycles. The van der Waals surface area contributed by atoms with Crippen molar-refractivity contribution in [2.24, 2.45) is 0 Å². The summed E-state index contributed by atoms with van der Waals surface area (Å²) in [5, 5.41) is 0. The molecule has 0 bridgehead atoms. The van der Waals surface area contributed by atoms with E-state index in [1.54, 1.807) is 29.9 Å². The van der Waals surface area contributed by atoms with E-state index in [0.717, 1.165) is 45.7 Å². The van der Waals surface area contributed by atoms with Gasteiger partial charge in [0.1, 0.15) is 5.75 Å². The third-order valence-electron chi connectivity index (χ3n) is 5.44. The first-order chi connectivity index (χ1) is 14.6. The van der Waals surface area contributed by atoms with Crippen LogP contribution >= 0.6 is 11.3 Å². The Morgan fingerprint density at radius 3 is 2.45 bits per heavy atom. The lowest BCUT2D eigenvalue weighted by Crippen LogP contribution is -2.27. The lowest BCUT2D eigenvalue weighted by atomic mass is 9.94. The van der Waals surface area contributed by atoms with Crippen molar-refractivity contribution in [3.8, 4) is 5.75 Å². The number of aromatic nitrogens is 1. The molecule has 8 heteroatoms. The Bertz CT molecular complexity index is 1260. The van der Waals surface area contributed by atoms with Crippen molar-refractivity contribution in [1.82, 2.24) is 9.29 Å². The molecule has 0 amide bonds. The summed E-state index contributed by atoms with van der Waals surface area (Å²) in [6.45, 7) is 10.6. The lowest BCUT2D eigenvalue weighted by molar-refractivity contribution is 0.406. The van der Waals surface area contributed by atoms with Crippen molar-refractivity contribution < 1.29 is 13.2 Å². The molecule has 3 aromatic rings. The highest BCUT2D eigenvalue weighted by Crippen LogP contribution is 2.32. The fraction of sp³-hybridized carbons (Fsp3) is 0.435. The van der Waals surface area contributed by atoms with Gasteiger partial charge in [0, 0.05) is 12.6 Å². The van der Waals surface area contributed by atoms with Crippen LogP contribution < -0.4 is 14.3 Å². The van der Waals surface area contributed by atoms with Gasteiger partial charge in [-0.05, 0) is 73.2 Å². The van der Waals surface area contributed by atoms with Crippen LogP contribution in [0.1, 0.15) is 62.8 Å². The summed E-state index contributed by atoms with van der Waals surface area (Å²) >= 11 is 1.08. The maximum absolute atomic E-state index is 13.1. The first-order valence-corrected chi connectivity index (χ1v) is 12.7. The van der Waals surface area contributed by atoms with E-state index in [4.69, 9.17) is 4.74 Å². The third-order valence-corrected chi connectivity index (χ3v) is 7.92. The smallest absolute Gasteiger partial charge is 0.308 e. The Labute approximate surface area is 187 Å². The molecule has 31 heavy (non-hydrogen) atoms. The van der Waals surface area contributed by atoms with Gasteiger partial charge in [-0.25, -0.2) is 13.1 Å². The Morgan fingerprint density at radius 1 is 1.13 bits per heavy atom. The molecule has 1 N–H and O–H groups in total. The van der Waals surface area contributed by atoms with Crippen LogP contribution in [0.3, 0.4) is 0 Å². The highest BCUT2D eigenvalue weighted by molar-refractivity contribution is 7.89. The molecule has 2 aromatic carbocycles. The maximum Gasteiger partial charge on any atom is 0.308 e. The number of ether oxygens (including phenoxy) is 1. The molecule has 1 unspecified atom stereocenters. The molecular weight excluding hydrogens is 432 g/mol. The Balaban J connectivity index is 1.95. The van der Waals surface area contributed by atoms with Gasteiger partial charge in [0.2, 0.25) is 10.0 Å². The minimum Gasteiger partial charge on any atom is -0.496 e. The van der Waals surface area contributed by atoms with Crippen molar-refractivity contribution in [1.29, 1.82) is 0 Å². The molecule has 1 atom stereocenters. The van der Waals surface area contributed by atoms with Gasteiger partial charge >= 0.3 is 4.87 Å². The monoisotopic (exact) mass is 462 g/mol. The van der Waals surface area contributed by atoms with Gasteiger partial charge in [-0.15, -0.1) is 0 Å².